The number of nitrogens with two attached hydrogens (primary N) is 1. The molecule has 0 unspecified atom stereocenters. The van der Waals surface area contributed by atoms with Gasteiger partial charge in [-0.25, -0.2) is 4.98 Å². The Hall–Kier alpha value is -1.35. The molecular formula is C10H13N3. The lowest BCUT2D eigenvalue weighted by Crippen LogP contribution is -2.03. The summed E-state index contributed by atoms with van der Waals surface area (Å²) in [6.07, 6.45) is 4.70. The number of hydrogen-bond acceptors (Lipinski definition) is 2. The van der Waals surface area contributed by atoms with Crippen molar-refractivity contribution in [2.24, 2.45) is 5.73 Å². The van der Waals surface area contributed by atoms with Crippen LogP contribution < -0.4 is 5.73 Å². The summed E-state index contributed by atoms with van der Waals surface area (Å²) in [6.45, 7) is 2.75. The highest BCUT2D eigenvalue weighted by molar-refractivity contribution is 5.58. The predicted molar refractivity (Wildman–Crippen MR) is 52.7 cm³/mol. The molecule has 2 heterocycles. The fourth-order valence-corrected chi connectivity index (χ4v) is 1.62. The Morgan fingerprint density at radius 3 is 3.15 bits per heavy atom. The number of aromatic nitrogens is 2. The molecule has 3 heteroatoms. The Kier molecular flexibility index (Phi) is 2.02. The molecule has 2 aromatic heterocycles. The first-order valence-corrected chi connectivity index (χ1v) is 4.44. The lowest BCUT2D eigenvalue weighted by molar-refractivity contribution is 0.942. The highest BCUT2D eigenvalue weighted by atomic mass is 15.0. The van der Waals surface area contributed by atoms with E-state index in [0.717, 1.165) is 12.1 Å². The Morgan fingerprint density at radius 1 is 1.54 bits per heavy atom. The highest BCUT2D eigenvalue weighted by Crippen LogP contribution is 2.14. The van der Waals surface area contributed by atoms with Crippen LogP contribution in [0.1, 0.15) is 11.3 Å². The standard InChI is InChI=1S/C10H13N3/c1-8-3-2-6-13-7-12-9(4-5-11)10(8)13/h2-3,6-7H,4-5,11H2,1H3. The average molecular weight is 175 g/mol. The van der Waals surface area contributed by atoms with Crippen molar-refractivity contribution < 1.29 is 0 Å². The number of nitrogens with zero attached hydrogens (tertiary/aromatic N) is 2. The predicted octanol–water partition coefficient (Wildman–Crippen LogP) is 1.14. The average Bonchev–Trinajstić information content (AvgIpc) is 2.51. The summed E-state index contributed by atoms with van der Waals surface area (Å²) >= 11 is 0. The van der Waals surface area contributed by atoms with Crippen molar-refractivity contribution in [2.45, 2.75) is 13.3 Å². The fraction of sp³-hybridized carbons (Fsp3) is 0.300. The van der Waals surface area contributed by atoms with E-state index in [1.165, 1.54) is 11.1 Å². The van der Waals surface area contributed by atoms with Gasteiger partial charge in [-0.2, -0.15) is 0 Å². The molecule has 0 radical (unpaired) electrons. The van der Waals surface area contributed by atoms with Crippen LogP contribution in [-0.4, -0.2) is 15.9 Å². The third-order valence-corrected chi connectivity index (χ3v) is 2.22. The Bertz CT molecular complexity index is 417. The van der Waals surface area contributed by atoms with E-state index in [-0.39, 0.29) is 0 Å². The molecule has 2 rings (SSSR count). The lowest BCUT2D eigenvalue weighted by Gasteiger charge is -1.99. The van der Waals surface area contributed by atoms with Gasteiger partial charge >= 0.3 is 0 Å². The Labute approximate surface area is 77.2 Å². The number of fused-ring (bicyclic) bond motifs is 1. The van der Waals surface area contributed by atoms with Crippen LogP contribution in [0.3, 0.4) is 0 Å². The summed E-state index contributed by atoms with van der Waals surface area (Å²) in [4.78, 5) is 4.33. The Balaban J connectivity index is 2.64. The van der Waals surface area contributed by atoms with E-state index in [1.807, 2.05) is 23.0 Å². The third-order valence-electron chi connectivity index (χ3n) is 2.22. The normalized spacial score (nSPS) is 10.9. The van der Waals surface area contributed by atoms with Crippen molar-refractivity contribution >= 4 is 5.52 Å². The van der Waals surface area contributed by atoms with E-state index in [9.17, 15) is 0 Å². The summed E-state index contributed by atoms with van der Waals surface area (Å²) < 4.78 is 2.04. The van der Waals surface area contributed by atoms with E-state index in [2.05, 4.69) is 18.0 Å². The molecule has 0 saturated carbocycles. The zero-order chi connectivity index (χ0) is 9.26. The van der Waals surface area contributed by atoms with Crippen molar-refractivity contribution in [1.29, 1.82) is 0 Å². The second-order valence-corrected chi connectivity index (χ2v) is 3.18. The summed E-state index contributed by atoms with van der Waals surface area (Å²) in [5, 5.41) is 0. The van der Waals surface area contributed by atoms with Gasteiger partial charge in [0.2, 0.25) is 0 Å². The molecule has 0 aliphatic carbocycles. The molecule has 68 valence electrons. The van der Waals surface area contributed by atoms with Gasteiger partial charge in [0.05, 0.1) is 17.5 Å². The molecule has 0 spiro atoms. The van der Waals surface area contributed by atoms with Gasteiger partial charge in [-0.15, -0.1) is 0 Å². The SMILES string of the molecule is Cc1cccn2cnc(CCN)c12. The molecule has 0 fully saturated rings. The summed E-state index contributed by atoms with van der Waals surface area (Å²) in [5.74, 6) is 0. The maximum Gasteiger partial charge on any atom is 0.0995 e. The number of aryl methyl sites for hydroxylation is 1. The summed E-state index contributed by atoms with van der Waals surface area (Å²) in [6, 6.07) is 4.12. The molecule has 0 atom stereocenters. The molecular weight excluding hydrogens is 162 g/mol. The topological polar surface area (TPSA) is 43.3 Å². The maximum atomic E-state index is 5.51. The summed E-state index contributed by atoms with van der Waals surface area (Å²) in [5.41, 5.74) is 9.06. The zero-order valence-corrected chi connectivity index (χ0v) is 7.70. The lowest BCUT2D eigenvalue weighted by atomic mass is 10.2. The van der Waals surface area contributed by atoms with Gasteiger partial charge in [-0.1, -0.05) is 6.07 Å². The summed E-state index contributed by atoms with van der Waals surface area (Å²) in [7, 11) is 0. The van der Waals surface area contributed by atoms with Crippen LogP contribution in [0.4, 0.5) is 0 Å². The van der Waals surface area contributed by atoms with Crippen LogP contribution in [0.15, 0.2) is 24.7 Å². The van der Waals surface area contributed by atoms with Crippen LogP contribution >= 0.6 is 0 Å². The van der Waals surface area contributed by atoms with Gasteiger partial charge in [-0.3, -0.25) is 0 Å². The minimum Gasteiger partial charge on any atom is -0.330 e. The van der Waals surface area contributed by atoms with Crippen LogP contribution in [0.2, 0.25) is 0 Å². The van der Waals surface area contributed by atoms with E-state index in [0.29, 0.717) is 6.54 Å². The van der Waals surface area contributed by atoms with Crippen molar-refractivity contribution in [3.05, 3.63) is 35.9 Å². The minimum atomic E-state index is 0.654. The van der Waals surface area contributed by atoms with Gasteiger partial charge in [-0.05, 0) is 25.1 Å². The van der Waals surface area contributed by atoms with E-state index >= 15 is 0 Å². The first kappa shape index (κ1) is 8.26. The molecule has 0 aliphatic heterocycles. The molecule has 0 aliphatic rings. The van der Waals surface area contributed by atoms with Gasteiger partial charge in [0, 0.05) is 12.6 Å². The van der Waals surface area contributed by atoms with E-state index in [4.69, 9.17) is 5.73 Å². The van der Waals surface area contributed by atoms with Crippen molar-refractivity contribution in [3.8, 4) is 0 Å². The van der Waals surface area contributed by atoms with Crippen LogP contribution in [0.25, 0.3) is 5.52 Å². The quantitative estimate of drug-likeness (QED) is 0.744. The van der Waals surface area contributed by atoms with Gasteiger partial charge < -0.3 is 10.1 Å². The number of hydrogen-bond donors (Lipinski definition) is 1. The Morgan fingerprint density at radius 2 is 2.38 bits per heavy atom. The largest absolute Gasteiger partial charge is 0.330 e. The van der Waals surface area contributed by atoms with Crippen LogP contribution in [0.5, 0.6) is 0 Å². The fourth-order valence-electron chi connectivity index (χ4n) is 1.62. The van der Waals surface area contributed by atoms with E-state index in [1.54, 1.807) is 0 Å². The van der Waals surface area contributed by atoms with Crippen LogP contribution in [0, 0.1) is 6.92 Å². The molecule has 2 aromatic rings. The second-order valence-electron chi connectivity index (χ2n) is 3.18. The van der Waals surface area contributed by atoms with Gasteiger partial charge in [0.15, 0.2) is 0 Å². The molecule has 3 nitrogen and oxygen atoms in total. The van der Waals surface area contributed by atoms with Crippen molar-refractivity contribution in [2.75, 3.05) is 6.54 Å². The molecule has 13 heavy (non-hydrogen) atoms. The molecule has 2 N–H and O–H groups in total. The highest BCUT2D eigenvalue weighted by Gasteiger charge is 2.04. The smallest absolute Gasteiger partial charge is 0.0995 e. The van der Waals surface area contributed by atoms with Gasteiger partial charge in [0.1, 0.15) is 0 Å². The first-order chi connectivity index (χ1) is 6.33. The number of pyridine rings is 1. The maximum absolute atomic E-state index is 5.51. The minimum absolute atomic E-state index is 0.654. The third kappa shape index (κ3) is 1.31. The number of rotatable bonds is 2. The molecule has 0 bridgehead atoms. The molecule has 0 amide bonds. The van der Waals surface area contributed by atoms with Crippen LogP contribution in [-0.2, 0) is 6.42 Å². The number of imidazole rings is 1. The van der Waals surface area contributed by atoms with Crippen molar-refractivity contribution in [1.82, 2.24) is 9.38 Å². The van der Waals surface area contributed by atoms with E-state index < -0.39 is 0 Å². The zero-order valence-electron chi connectivity index (χ0n) is 7.70. The molecule has 0 saturated heterocycles. The van der Waals surface area contributed by atoms with Gasteiger partial charge in [0.25, 0.3) is 0 Å². The van der Waals surface area contributed by atoms with Crippen molar-refractivity contribution in [3.63, 3.8) is 0 Å². The second kappa shape index (κ2) is 3.18. The monoisotopic (exact) mass is 175 g/mol. The first-order valence-electron chi connectivity index (χ1n) is 4.44. The molecule has 0 aromatic carbocycles.